The number of hydrogen-bond acceptors (Lipinski definition) is 3. The molecule has 0 bridgehead atoms. The van der Waals surface area contributed by atoms with Gasteiger partial charge in [0.15, 0.2) is 33.3 Å². The van der Waals surface area contributed by atoms with Crippen molar-refractivity contribution < 1.29 is 13.3 Å². The highest BCUT2D eigenvalue weighted by Gasteiger charge is 2.38. The Kier molecular flexibility index (Phi) is 11.1. The van der Waals surface area contributed by atoms with Gasteiger partial charge in [-0.05, 0) is 82.0 Å². The van der Waals surface area contributed by atoms with Gasteiger partial charge < -0.3 is 13.3 Å². The van der Waals surface area contributed by atoms with Crippen molar-refractivity contribution in [3.63, 3.8) is 0 Å². The van der Waals surface area contributed by atoms with E-state index in [9.17, 15) is 4.80 Å². The van der Waals surface area contributed by atoms with Gasteiger partial charge in [0.25, 0.3) is 0 Å². The van der Waals surface area contributed by atoms with E-state index >= 15 is 0 Å². The average molecular weight is 495 g/mol. The molecule has 0 unspecified atom stereocenters. The van der Waals surface area contributed by atoms with E-state index in [1.807, 2.05) is 13.1 Å². The molecule has 0 radical (unpaired) electrons. The Morgan fingerprint density at radius 1 is 0.655 bits per heavy atom. The van der Waals surface area contributed by atoms with Crippen LogP contribution in [0.15, 0.2) is 0 Å². The van der Waals surface area contributed by atoms with Crippen molar-refractivity contribution in [3.05, 3.63) is 0 Å². The smallest absolute Gasteiger partial charge is 0.191 e. The van der Waals surface area contributed by atoms with E-state index in [1.54, 1.807) is 0 Å². The predicted octanol–water partition coefficient (Wildman–Crippen LogP) is 7.73. The summed E-state index contributed by atoms with van der Waals surface area (Å²) in [5, 5.41) is 0.303. The fraction of sp³-hybridized carbons (Fsp3) is 1.00. The zero-order valence-corrected chi connectivity index (χ0v) is 27.2. The molecule has 0 heterocycles. The fourth-order valence-electron chi connectivity index (χ4n) is 3.32. The fourth-order valence-corrected chi connectivity index (χ4v) is 22.5. The van der Waals surface area contributed by atoms with Crippen molar-refractivity contribution in [2.75, 3.05) is 6.61 Å². The Morgan fingerprint density at radius 3 is 1.52 bits per heavy atom. The van der Waals surface area contributed by atoms with Gasteiger partial charge in [-0.25, -0.2) is 0 Å². The van der Waals surface area contributed by atoms with Gasteiger partial charge >= 0.3 is 0 Å². The Labute approximate surface area is 188 Å². The lowest BCUT2D eigenvalue weighted by Crippen LogP contribution is -2.46. The summed E-state index contributed by atoms with van der Waals surface area (Å²) in [6, 6.07) is 6.09. The molecule has 0 saturated carbocycles. The van der Waals surface area contributed by atoms with Crippen LogP contribution in [0.25, 0.3) is 0 Å². The first-order chi connectivity index (χ1) is 12.6. The van der Waals surface area contributed by atoms with Crippen LogP contribution in [0.1, 0.15) is 27.2 Å². The van der Waals surface area contributed by atoms with Crippen molar-refractivity contribution in [1.82, 2.24) is 0 Å². The molecule has 0 fully saturated rings. The highest BCUT2D eigenvalue weighted by Crippen LogP contribution is 2.37. The molecule has 0 aromatic rings. The highest BCUT2D eigenvalue weighted by molar-refractivity contribution is 6.87. The SMILES string of the molecule is CC(C)(C)[Si](C)(C)OCCC[Si](C)(C)CC[Si](C)(C)O[Si](C)(C)CC[Si](C)(C)O. The molecule has 0 aliphatic carbocycles. The van der Waals surface area contributed by atoms with E-state index in [0.717, 1.165) is 18.7 Å². The van der Waals surface area contributed by atoms with E-state index in [0.29, 0.717) is 5.04 Å². The van der Waals surface area contributed by atoms with Crippen LogP contribution >= 0.6 is 0 Å². The molecule has 0 saturated heterocycles. The Hall–Kier alpha value is 0.964. The third kappa shape index (κ3) is 13.9. The van der Waals surface area contributed by atoms with E-state index in [1.165, 1.54) is 24.6 Å². The van der Waals surface area contributed by atoms with Crippen LogP contribution in [0.4, 0.5) is 0 Å². The van der Waals surface area contributed by atoms with Crippen molar-refractivity contribution >= 4 is 41.3 Å². The maximum atomic E-state index is 10.2. The van der Waals surface area contributed by atoms with Crippen LogP contribution in [-0.4, -0.2) is 52.7 Å². The summed E-state index contributed by atoms with van der Waals surface area (Å²) in [6.07, 6.45) is 1.21. The summed E-state index contributed by atoms with van der Waals surface area (Å²) in [6.45, 7) is 31.3. The Bertz CT molecular complexity index is 492. The molecule has 0 aromatic carbocycles. The van der Waals surface area contributed by atoms with Crippen LogP contribution in [0.3, 0.4) is 0 Å². The lowest BCUT2D eigenvalue weighted by molar-refractivity contribution is 0.287. The van der Waals surface area contributed by atoms with Crippen LogP contribution in [0.5, 0.6) is 0 Å². The van der Waals surface area contributed by atoms with Crippen molar-refractivity contribution in [2.45, 2.75) is 128 Å². The number of hydrogen-bond donors (Lipinski definition) is 1. The molecule has 176 valence electrons. The lowest BCUT2D eigenvalue weighted by Gasteiger charge is -2.37. The molecular weight excluding hydrogens is 441 g/mol. The van der Waals surface area contributed by atoms with Crippen molar-refractivity contribution in [3.8, 4) is 0 Å². The molecule has 29 heavy (non-hydrogen) atoms. The van der Waals surface area contributed by atoms with Gasteiger partial charge in [0.2, 0.25) is 0 Å². The predicted molar refractivity (Wildman–Crippen MR) is 145 cm³/mol. The molecule has 0 spiro atoms. The summed E-state index contributed by atoms with van der Waals surface area (Å²) >= 11 is 0. The third-order valence-electron chi connectivity index (χ3n) is 6.56. The zero-order chi connectivity index (χ0) is 23.4. The monoisotopic (exact) mass is 494 g/mol. The minimum atomic E-state index is -1.97. The quantitative estimate of drug-likeness (QED) is 0.210. The number of rotatable bonds is 13. The van der Waals surface area contributed by atoms with Gasteiger partial charge in [-0.15, -0.1) is 0 Å². The Balaban J connectivity index is 4.48. The largest absolute Gasteiger partial charge is 0.456 e. The molecule has 0 aliphatic rings. The van der Waals surface area contributed by atoms with Crippen LogP contribution in [0.2, 0.25) is 101 Å². The molecular formula is C21H54O3Si5. The van der Waals surface area contributed by atoms with E-state index < -0.39 is 41.3 Å². The average Bonchev–Trinajstić information content (AvgIpc) is 2.45. The minimum absolute atomic E-state index is 0.303. The molecule has 0 aliphatic heterocycles. The summed E-state index contributed by atoms with van der Waals surface area (Å²) < 4.78 is 13.2. The first kappa shape index (κ1) is 30.0. The van der Waals surface area contributed by atoms with Crippen molar-refractivity contribution in [1.29, 1.82) is 0 Å². The second-order valence-electron chi connectivity index (χ2n) is 13.3. The van der Waals surface area contributed by atoms with Gasteiger partial charge in [-0.1, -0.05) is 46.0 Å². The summed E-state index contributed by atoms with van der Waals surface area (Å²) in [4.78, 5) is 10.2. The Morgan fingerprint density at radius 2 is 1.10 bits per heavy atom. The topological polar surface area (TPSA) is 38.7 Å². The first-order valence-electron chi connectivity index (χ1n) is 11.6. The van der Waals surface area contributed by atoms with Gasteiger partial charge in [-0.3, -0.25) is 0 Å². The second-order valence-corrected chi connectivity index (χ2v) is 36.4. The zero-order valence-electron chi connectivity index (χ0n) is 22.2. The van der Waals surface area contributed by atoms with Crippen LogP contribution in [-0.2, 0) is 8.54 Å². The molecule has 0 atom stereocenters. The van der Waals surface area contributed by atoms with Crippen LogP contribution < -0.4 is 0 Å². The van der Waals surface area contributed by atoms with E-state index in [4.69, 9.17) is 8.54 Å². The molecule has 1 N–H and O–H groups in total. The summed E-state index contributed by atoms with van der Waals surface area (Å²) in [7, 11) is -8.10. The molecule has 8 heteroatoms. The molecule has 0 aromatic heterocycles. The third-order valence-corrected chi connectivity index (χ3v) is 24.2. The molecule has 3 nitrogen and oxygen atoms in total. The van der Waals surface area contributed by atoms with Gasteiger partial charge in [0, 0.05) is 14.7 Å². The maximum absolute atomic E-state index is 10.2. The van der Waals surface area contributed by atoms with E-state index in [-0.39, 0.29) is 0 Å². The lowest BCUT2D eigenvalue weighted by atomic mass is 10.2. The first-order valence-corrected chi connectivity index (χ1v) is 27.3. The van der Waals surface area contributed by atoms with Gasteiger partial charge in [-0.2, -0.15) is 0 Å². The molecule has 0 rings (SSSR count). The second kappa shape index (κ2) is 10.7. The minimum Gasteiger partial charge on any atom is -0.456 e. The van der Waals surface area contributed by atoms with Gasteiger partial charge in [0.1, 0.15) is 0 Å². The summed E-state index contributed by atoms with van der Waals surface area (Å²) in [5.74, 6) is 0. The maximum Gasteiger partial charge on any atom is 0.191 e. The van der Waals surface area contributed by atoms with Crippen molar-refractivity contribution in [2.24, 2.45) is 0 Å². The summed E-state index contributed by atoms with van der Waals surface area (Å²) in [5.41, 5.74) is 0. The normalized spacial score (nSPS) is 15.1. The van der Waals surface area contributed by atoms with E-state index in [2.05, 4.69) is 73.1 Å². The standard InChI is InChI=1S/C21H54O3Si5/c1-21(2,3)29(12,13)23-15-14-16-25(4,5)17-19-27(8,9)24-28(10,11)20-18-26(6,7)22/h22H,14-20H2,1-13H3. The van der Waals surface area contributed by atoms with Crippen LogP contribution in [0, 0.1) is 0 Å². The van der Waals surface area contributed by atoms with Gasteiger partial charge in [0.05, 0.1) is 0 Å². The molecule has 0 amide bonds. The highest BCUT2D eigenvalue weighted by atomic mass is 28.4.